The van der Waals surface area contributed by atoms with Crippen molar-refractivity contribution < 1.29 is 24.5 Å². The minimum absolute atomic E-state index is 0.0342. The summed E-state index contributed by atoms with van der Waals surface area (Å²) in [6.07, 6.45) is 0. The number of phenols is 1. The average molecular weight is 350 g/mol. The number of aromatic amines is 1. The molecular weight excluding hydrogens is 342 g/mol. The zero-order valence-corrected chi connectivity index (χ0v) is 12.9. The van der Waals surface area contributed by atoms with Gasteiger partial charge < -0.3 is 24.7 Å². The molecule has 0 radical (unpaired) electrons. The molecule has 0 fully saturated rings. The van der Waals surface area contributed by atoms with Gasteiger partial charge in [0.2, 0.25) is 0 Å². The van der Waals surface area contributed by atoms with Crippen molar-refractivity contribution in [2.24, 2.45) is 5.92 Å². The van der Waals surface area contributed by atoms with Crippen molar-refractivity contribution in [1.29, 1.82) is 0 Å². The highest BCUT2D eigenvalue weighted by molar-refractivity contribution is 8.00. The number of carboxylic acids is 1. The quantitative estimate of drug-likeness (QED) is 0.550. The standard InChI is InChI=1S/C14H9NO6S2/c16-4-1-2-6-5(3-4)7-8(13(19)21-6)10(12(17)18)22-11-9(7)23-14(20)15-11/h1-3,7-8,10,16H,(H,15,20)(H,17,18)/p-1/t7-,8-,10-/m1/s1. The van der Waals surface area contributed by atoms with E-state index in [2.05, 4.69) is 4.98 Å². The van der Waals surface area contributed by atoms with Crippen LogP contribution in [0.1, 0.15) is 16.4 Å². The molecule has 7 nitrogen and oxygen atoms in total. The van der Waals surface area contributed by atoms with Crippen LogP contribution in [0, 0.1) is 5.92 Å². The second kappa shape index (κ2) is 4.87. The van der Waals surface area contributed by atoms with Crippen molar-refractivity contribution in [1.82, 2.24) is 4.98 Å². The Morgan fingerprint density at radius 3 is 2.87 bits per heavy atom. The summed E-state index contributed by atoms with van der Waals surface area (Å²) in [5.41, 5.74) is 0.484. The summed E-state index contributed by atoms with van der Waals surface area (Å²) in [5, 5.41) is 20.4. The third-order valence-electron chi connectivity index (χ3n) is 3.90. The molecule has 0 saturated carbocycles. The van der Waals surface area contributed by atoms with Crippen molar-refractivity contribution in [2.75, 3.05) is 0 Å². The van der Waals surface area contributed by atoms with Gasteiger partial charge in [0, 0.05) is 16.4 Å². The Balaban J connectivity index is 2.00. The fourth-order valence-electron chi connectivity index (χ4n) is 2.99. The number of carbonyl (C=O) groups excluding carboxylic acids is 2. The zero-order valence-electron chi connectivity index (χ0n) is 11.3. The van der Waals surface area contributed by atoms with Crippen LogP contribution < -0.4 is 14.7 Å². The van der Waals surface area contributed by atoms with Gasteiger partial charge in [0.25, 0.3) is 0 Å². The lowest BCUT2D eigenvalue weighted by atomic mass is 9.80. The second-order valence-electron chi connectivity index (χ2n) is 5.21. The number of phenolic OH excluding ortho intramolecular Hbond substituents is 1. The van der Waals surface area contributed by atoms with Gasteiger partial charge in [-0.2, -0.15) is 0 Å². The van der Waals surface area contributed by atoms with Crippen molar-refractivity contribution in [3.8, 4) is 11.5 Å². The van der Waals surface area contributed by atoms with Crippen LogP contribution in [0.15, 0.2) is 28.0 Å². The van der Waals surface area contributed by atoms with E-state index in [4.69, 9.17) is 4.74 Å². The third-order valence-corrected chi connectivity index (χ3v) is 6.29. The Morgan fingerprint density at radius 1 is 1.35 bits per heavy atom. The van der Waals surface area contributed by atoms with E-state index in [1.54, 1.807) is 0 Å². The lowest BCUT2D eigenvalue weighted by Gasteiger charge is -2.39. The molecule has 0 bridgehead atoms. The third kappa shape index (κ3) is 2.07. The number of carbonyl (C=O) groups is 2. The number of rotatable bonds is 1. The number of hydrogen-bond acceptors (Lipinski definition) is 8. The smallest absolute Gasteiger partial charge is 0.316 e. The molecule has 2 aromatic rings. The molecule has 3 atom stereocenters. The average Bonchev–Trinajstić information content (AvgIpc) is 2.86. The summed E-state index contributed by atoms with van der Waals surface area (Å²) in [6, 6.07) is 4.25. The number of aromatic hydroxyl groups is 1. The van der Waals surface area contributed by atoms with E-state index in [9.17, 15) is 24.6 Å². The van der Waals surface area contributed by atoms with Gasteiger partial charge in [0.15, 0.2) is 0 Å². The molecule has 1 aromatic heterocycles. The summed E-state index contributed by atoms with van der Waals surface area (Å²) in [5.74, 6) is -3.54. The molecule has 1 aromatic carbocycles. The molecule has 9 heteroatoms. The van der Waals surface area contributed by atoms with Gasteiger partial charge in [-0.1, -0.05) is 23.1 Å². The molecule has 2 aliphatic rings. The minimum Gasteiger partial charge on any atom is -0.549 e. The zero-order chi connectivity index (χ0) is 16.3. The van der Waals surface area contributed by atoms with E-state index < -0.39 is 29.0 Å². The van der Waals surface area contributed by atoms with Gasteiger partial charge in [-0.25, -0.2) is 0 Å². The van der Waals surface area contributed by atoms with Crippen molar-refractivity contribution in [2.45, 2.75) is 16.2 Å². The molecule has 0 amide bonds. The molecule has 0 spiro atoms. The molecule has 4 rings (SSSR count). The van der Waals surface area contributed by atoms with Crippen LogP contribution in [0.5, 0.6) is 11.5 Å². The van der Waals surface area contributed by atoms with Crippen LogP contribution >= 0.6 is 23.1 Å². The number of H-pyrrole nitrogens is 1. The maximum Gasteiger partial charge on any atom is 0.316 e. The molecular formula is C14H8NO6S2-. The Kier molecular flexibility index (Phi) is 3.03. The van der Waals surface area contributed by atoms with Gasteiger partial charge in [-0.3, -0.25) is 9.59 Å². The highest BCUT2D eigenvalue weighted by Gasteiger charge is 2.49. The second-order valence-corrected chi connectivity index (χ2v) is 7.38. The summed E-state index contributed by atoms with van der Waals surface area (Å²) >= 11 is 1.81. The first kappa shape index (κ1) is 14.3. The van der Waals surface area contributed by atoms with Crippen LogP contribution in [0.2, 0.25) is 0 Å². The fraction of sp³-hybridized carbons (Fsp3) is 0.214. The Morgan fingerprint density at radius 2 is 2.13 bits per heavy atom. The van der Waals surface area contributed by atoms with E-state index in [1.807, 2.05) is 0 Å². The number of esters is 1. The molecule has 118 valence electrons. The van der Waals surface area contributed by atoms with Crippen LogP contribution in [0.3, 0.4) is 0 Å². The Hall–Kier alpha value is -2.26. The normalized spacial score (nSPS) is 25.0. The molecule has 0 saturated heterocycles. The SMILES string of the molecule is O=C1Oc2ccc(O)cc2[C@H]2c3sc(=O)[nH]c3S[C@@H](C(=O)[O-])[C@H]12. The number of carboxylic acid groups (broad SMARTS) is 1. The Bertz CT molecular complexity index is 901. The predicted molar refractivity (Wildman–Crippen MR) is 78.7 cm³/mol. The van der Waals surface area contributed by atoms with E-state index >= 15 is 0 Å². The first-order valence-electron chi connectivity index (χ1n) is 6.61. The predicted octanol–water partition coefficient (Wildman–Crippen LogP) is 0.0333. The van der Waals surface area contributed by atoms with Gasteiger partial charge in [0.1, 0.15) is 11.5 Å². The monoisotopic (exact) mass is 350 g/mol. The number of aromatic nitrogens is 1. The van der Waals surface area contributed by atoms with Crippen LogP contribution in [-0.2, 0) is 9.59 Å². The van der Waals surface area contributed by atoms with Gasteiger partial charge >= 0.3 is 10.8 Å². The Labute approximate surface area is 136 Å². The highest BCUT2D eigenvalue weighted by atomic mass is 32.2. The lowest BCUT2D eigenvalue weighted by molar-refractivity contribution is -0.306. The van der Waals surface area contributed by atoms with E-state index in [-0.39, 0.29) is 16.4 Å². The maximum absolute atomic E-state index is 12.3. The van der Waals surface area contributed by atoms with Gasteiger partial charge in [0.05, 0.1) is 22.2 Å². The number of hydrogen-bond donors (Lipinski definition) is 2. The largest absolute Gasteiger partial charge is 0.549 e. The van der Waals surface area contributed by atoms with Crippen LogP contribution in [0.4, 0.5) is 0 Å². The van der Waals surface area contributed by atoms with Gasteiger partial charge in [-0.05, 0) is 18.2 Å². The molecule has 0 aliphatic carbocycles. The van der Waals surface area contributed by atoms with Crippen molar-refractivity contribution >= 4 is 35.0 Å². The summed E-state index contributed by atoms with van der Waals surface area (Å²) < 4.78 is 5.22. The lowest BCUT2D eigenvalue weighted by Crippen LogP contribution is -2.48. The van der Waals surface area contributed by atoms with E-state index in [1.165, 1.54) is 18.2 Å². The number of ether oxygens (including phenoxy) is 1. The topological polar surface area (TPSA) is 120 Å². The number of thioether (sulfide) groups is 1. The number of nitrogens with one attached hydrogen (secondary N) is 1. The first-order chi connectivity index (χ1) is 11.0. The molecule has 23 heavy (non-hydrogen) atoms. The van der Waals surface area contributed by atoms with Crippen molar-refractivity contribution in [3.05, 3.63) is 38.3 Å². The van der Waals surface area contributed by atoms with Crippen molar-refractivity contribution in [3.63, 3.8) is 0 Å². The fourth-order valence-corrected chi connectivity index (χ4v) is 5.38. The summed E-state index contributed by atoms with van der Waals surface area (Å²) in [7, 11) is 0. The number of aliphatic carboxylic acids is 1. The maximum atomic E-state index is 12.3. The first-order valence-corrected chi connectivity index (χ1v) is 8.30. The van der Waals surface area contributed by atoms with E-state index in [0.29, 0.717) is 15.5 Å². The molecule has 2 aliphatic heterocycles. The molecule has 0 unspecified atom stereocenters. The summed E-state index contributed by atoms with van der Waals surface area (Å²) in [4.78, 5) is 38.3. The summed E-state index contributed by atoms with van der Waals surface area (Å²) in [6.45, 7) is 0. The molecule has 3 heterocycles. The van der Waals surface area contributed by atoms with E-state index in [0.717, 1.165) is 23.1 Å². The van der Waals surface area contributed by atoms with Gasteiger partial charge in [-0.15, -0.1) is 0 Å². The number of thiazole rings is 1. The molecule has 2 N–H and O–H groups in total. The van der Waals surface area contributed by atoms with Crippen LogP contribution in [-0.4, -0.2) is 27.3 Å². The number of fused-ring (bicyclic) bond motifs is 5. The van der Waals surface area contributed by atoms with Crippen LogP contribution in [0.25, 0.3) is 0 Å². The highest BCUT2D eigenvalue weighted by Crippen LogP contribution is 2.53. The minimum atomic E-state index is -1.40. The number of benzene rings is 1.